The van der Waals surface area contributed by atoms with Crippen molar-refractivity contribution in [3.8, 4) is 0 Å². The van der Waals surface area contributed by atoms with Crippen molar-refractivity contribution in [3.05, 3.63) is 45.2 Å². The van der Waals surface area contributed by atoms with Crippen LogP contribution >= 0.6 is 0 Å². The molecule has 8 heteroatoms. The number of likely N-dealkylation sites (tertiary alicyclic amines) is 1. The van der Waals surface area contributed by atoms with Crippen LogP contribution in [0.5, 0.6) is 0 Å². The second-order valence-electron chi connectivity index (χ2n) is 7.94. The summed E-state index contributed by atoms with van der Waals surface area (Å²) < 4.78 is 70.0. The summed E-state index contributed by atoms with van der Waals surface area (Å²) in [7, 11) is 1.48. The number of nitrogens with zero attached hydrogens (tertiary/aromatic N) is 2. The number of hydrogen-bond acceptors (Lipinski definition) is 2. The first-order valence-electron chi connectivity index (χ1n) is 9.77. The normalized spacial score (nSPS) is 18.9. The summed E-state index contributed by atoms with van der Waals surface area (Å²) in [5, 5.41) is -0.0188. The van der Waals surface area contributed by atoms with E-state index in [9.17, 15) is 26.7 Å². The maximum Gasteiger partial charge on any atom is 0.417 e. The number of piperidine rings is 1. The van der Waals surface area contributed by atoms with Gasteiger partial charge >= 0.3 is 6.18 Å². The molecule has 1 aromatic carbocycles. The van der Waals surface area contributed by atoms with E-state index in [4.69, 9.17) is 0 Å². The minimum Gasteiger partial charge on any atom is -0.311 e. The van der Waals surface area contributed by atoms with E-state index >= 15 is 0 Å². The highest BCUT2D eigenvalue weighted by Crippen LogP contribution is 2.39. The number of alkyl halides is 5. The van der Waals surface area contributed by atoms with Gasteiger partial charge in [0.15, 0.2) is 0 Å². The summed E-state index contributed by atoms with van der Waals surface area (Å²) in [4.78, 5) is 14.5. The first kappa shape index (κ1) is 21.7. The summed E-state index contributed by atoms with van der Waals surface area (Å²) in [6, 6.07) is 4.63. The summed E-state index contributed by atoms with van der Waals surface area (Å²) >= 11 is 0. The van der Waals surface area contributed by atoms with Gasteiger partial charge in [0.1, 0.15) is 0 Å². The van der Waals surface area contributed by atoms with Gasteiger partial charge < -0.3 is 4.57 Å². The summed E-state index contributed by atoms with van der Waals surface area (Å²) in [6.45, 7) is 4.06. The molecule has 0 saturated carbocycles. The highest BCUT2D eigenvalue weighted by atomic mass is 19.4. The van der Waals surface area contributed by atoms with Crippen molar-refractivity contribution < 1.29 is 22.0 Å². The fraction of sp³-hybridized carbons (Fsp3) is 0.571. The lowest BCUT2D eigenvalue weighted by atomic mass is 9.91. The molecule has 0 aliphatic carbocycles. The Hall–Kier alpha value is -1.96. The van der Waals surface area contributed by atoms with Gasteiger partial charge in [-0.05, 0) is 30.0 Å². The standard InChI is InChI=1S/C21H25F5N2O/c1-4-13(2)17-18(21(24,25)26)15-11-14(5-6-16(15)27(3)19(17)29)12-28-9-7-20(22,23)8-10-28/h5-6,11,13H,4,7-10,12H2,1-3H3. The van der Waals surface area contributed by atoms with Crippen molar-refractivity contribution in [2.75, 3.05) is 13.1 Å². The van der Waals surface area contributed by atoms with Gasteiger partial charge in [0.2, 0.25) is 0 Å². The van der Waals surface area contributed by atoms with Crippen LogP contribution in [-0.4, -0.2) is 28.5 Å². The predicted molar refractivity (Wildman–Crippen MR) is 102 cm³/mol. The van der Waals surface area contributed by atoms with Gasteiger partial charge in [0.05, 0.1) is 11.1 Å². The molecule has 2 aromatic rings. The Balaban J connectivity index is 2.11. The first-order valence-corrected chi connectivity index (χ1v) is 9.77. The van der Waals surface area contributed by atoms with E-state index in [2.05, 4.69) is 0 Å². The molecule has 0 N–H and O–H groups in total. The predicted octanol–water partition coefficient (Wildman–Crippen LogP) is 5.30. The van der Waals surface area contributed by atoms with Gasteiger partial charge in [-0.1, -0.05) is 19.9 Å². The number of pyridine rings is 1. The molecule has 1 fully saturated rings. The molecule has 2 heterocycles. The molecule has 3 nitrogen and oxygen atoms in total. The van der Waals surface area contributed by atoms with E-state index < -0.39 is 29.1 Å². The Kier molecular flexibility index (Phi) is 5.77. The number of aryl methyl sites for hydroxylation is 1. The highest BCUT2D eigenvalue weighted by molar-refractivity contribution is 5.85. The highest BCUT2D eigenvalue weighted by Gasteiger charge is 2.39. The molecule has 0 amide bonds. The Morgan fingerprint density at radius 3 is 2.34 bits per heavy atom. The molecular formula is C21H25F5N2O. The van der Waals surface area contributed by atoms with Crippen molar-refractivity contribution in [1.82, 2.24) is 9.47 Å². The molecule has 29 heavy (non-hydrogen) atoms. The number of fused-ring (bicyclic) bond motifs is 1. The molecule has 1 aromatic heterocycles. The SMILES string of the molecule is CCC(C)c1c(C(F)(F)F)c2cc(CN3CCC(F)(F)CC3)ccc2n(C)c1=O. The van der Waals surface area contributed by atoms with Crippen molar-refractivity contribution in [3.63, 3.8) is 0 Å². The van der Waals surface area contributed by atoms with Crippen LogP contribution in [0.1, 0.15) is 55.7 Å². The minimum absolute atomic E-state index is 0.0188. The third-order valence-corrected chi connectivity index (χ3v) is 5.88. The lowest BCUT2D eigenvalue weighted by Crippen LogP contribution is -2.38. The van der Waals surface area contributed by atoms with Crippen LogP contribution in [0.3, 0.4) is 0 Å². The minimum atomic E-state index is -4.67. The van der Waals surface area contributed by atoms with Crippen LogP contribution in [0.25, 0.3) is 10.9 Å². The Morgan fingerprint density at radius 2 is 1.79 bits per heavy atom. The molecule has 1 unspecified atom stereocenters. The Morgan fingerprint density at radius 1 is 1.17 bits per heavy atom. The molecule has 0 bridgehead atoms. The molecule has 1 aliphatic rings. The van der Waals surface area contributed by atoms with Crippen LogP contribution in [0.15, 0.2) is 23.0 Å². The third kappa shape index (κ3) is 4.32. The third-order valence-electron chi connectivity index (χ3n) is 5.88. The van der Waals surface area contributed by atoms with Gasteiger partial charge in [-0.15, -0.1) is 0 Å². The first-order chi connectivity index (χ1) is 13.4. The lowest BCUT2D eigenvalue weighted by Gasteiger charge is -2.31. The van der Waals surface area contributed by atoms with E-state index in [0.29, 0.717) is 18.5 Å². The van der Waals surface area contributed by atoms with Crippen LogP contribution < -0.4 is 5.56 Å². The summed E-state index contributed by atoms with van der Waals surface area (Å²) in [5.74, 6) is -3.21. The van der Waals surface area contributed by atoms with E-state index in [0.717, 1.165) is 0 Å². The quantitative estimate of drug-likeness (QED) is 0.632. The van der Waals surface area contributed by atoms with E-state index in [1.165, 1.54) is 23.7 Å². The second kappa shape index (κ2) is 7.70. The molecule has 160 valence electrons. The summed E-state index contributed by atoms with van der Waals surface area (Å²) in [6.07, 6.45) is -4.76. The molecule has 1 saturated heterocycles. The monoisotopic (exact) mass is 416 g/mol. The van der Waals surface area contributed by atoms with E-state index in [-0.39, 0.29) is 42.4 Å². The van der Waals surface area contributed by atoms with E-state index in [1.807, 2.05) is 4.90 Å². The molecule has 0 spiro atoms. The fourth-order valence-corrected chi connectivity index (χ4v) is 3.98. The van der Waals surface area contributed by atoms with Crippen molar-refractivity contribution in [2.24, 2.45) is 7.05 Å². The number of hydrogen-bond donors (Lipinski definition) is 0. The lowest BCUT2D eigenvalue weighted by molar-refractivity contribution is -0.137. The molecule has 0 radical (unpaired) electrons. The average Bonchev–Trinajstić information content (AvgIpc) is 2.64. The van der Waals surface area contributed by atoms with Crippen LogP contribution in [0.4, 0.5) is 22.0 Å². The number of benzene rings is 1. The maximum absolute atomic E-state index is 14.0. The van der Waals surface area contributed by atoms with Crippen molar-refractivity contribution >= 4 is 10.9 Å². The smallest absolute Gasteiger partial charge is 0.311 e. The zero-order valence-electron chi connectivity index (χ0n) is 16.7. The second-order valence-corrected chi connectivity index (χ2v) is 7.94. The molecule has 1 aliphatic heterocycles. The zero-order chi connectivity index (χ0) is 21.6. The van der Waals surface area contributed by atoms with Crippen LogP contribution in [-0.2, 0) is 19.8 Å². The topological polar surface area (TPSA) is 25.2 Å². The average molecular weight is 416 g/mol. The molecular weight excluding hydrogens is 391 g/mol. The van der Waals surface area contributed by atoms with Crippen molar-refractivity contribution in [2.45, 2.75) is 57.7 Å². The number of aromatic nitrogens is 1. The van der Waals surface area contributed by atoms with Gasteiger partial charge in [-0.2, -0.15) is 13.2 Å². The van der Waals surface area contributed by atoms with Crippen LogP contribution in [0, 0.1) is 0 Å². The van der Waals surface area contributed by atoms with Crippen molar-refractivity contribution in [1.29, 1.82) is 0 Å². The largest absolute Gasteiger partial charge is 0.417 e. The van der Waals surface area contributed by atoms with Gasteiger partial charge in [-0.3, -0.25) is 9.69 Å². The zero-order valence-corrected chi connectivity index (χ0v) is 16.7. The Labute approximate surface area is 166 Å². The van der Waals surface area contributed by atoms with Gasteiger partial charge in [0, 0.05) is 50.5 Å². The Bertz CT molecular complexity index is 954. The van der Waals surface area contributed by atoms with Gasteiger partial charge in [0.25, 0.3) is 11.5 Å². The van der Waals surface area contributed by atoms with Gasteiger partial charge in [-0.25, -0.2) is 8.78 Å². The number of halogens is 5. The fourth-order valence-electron chi connectivity index (χ4n) is 3.98. The van der Waals surface area contributed by atoms with Crippen LogP contribution in [0.2, 0.25) is 0 Å². The van der Waals surface area contributed by atoms with E-state index in [1.54, 1.807) is 19.9 Å². The number of rotatable bonds is 4. The summed E-state index contributed by atoms with van der Waals surface area (Å²) in [5.41, 5.74) is -0.905. The molecule has 1 atom stereocenters. The molecule has 3 rings (SSSR count). The maximum atomic E-state index is 14.0.